The number of quaternary nitrogens is 1. The average molecular weight is 381 g/mol. The molecule has 3 rings (SSSR count). The van der Waals surface area contributed by atoms with Gasteiger partial charge in [-0.05, 0) is 56.4 Å². The molecule has 2 aliphatic rings. The van der Waals surface area contributed by atoms with Gasteiger partial charge in [-0.1, -0.05) is 6.07 Å². The summed E-state index contributed by atoms with van der Waals surface area (Å²) in [6.45, 7) is 8.30. The first-order valence-corrected chi connectivity index (χ1v) is 11.0. The van der Waals surface area contributed by atoms with E-state index in [9.17, 15) is 13.2 Å². The van der Waals surface area contributed by atoms with Crippen molar-refractivity contribution >= 4 is 15.9 Å². The molecule has 7 heteroatoms. The van der Waals surface area contributed by atoms with Crippen molar-refractivity contribution in [2.75, 3.05) is 45.8 Å². The van der Waals surface area contributed by atoms with Crippen molar-refractivity contribution in [1.82, 2.24) is 9.21 Å². The summed E-state index contributed by atoms with van der Waals surface area (Å²) in [7, 11) is -3.49. The molecular formula is C19H30N3O3S+. The molecule has 0 unspecified atom stereocenters. The quantitative estimate of drug-likeness (QED) is 0.812. The van der Waals surface area contributed by atoms with Gasteiger partial charge in [0, 0.05) is 26.2 Å². The molecule has 1 N–H and O–H groups in total. The van der Waals surface area contributed by atoms with Gasteiger partial charge in [-0.15, -0.1) is 0 Å². The second kappa shape index (κ2) is 8.06. The lowest BCUT2D eigenvalue weighted by Gasteiger charge is -2.35. The van der Waals surface area contributed by atoms with Gasteiger partial charge >= 0.3 is 0 Å². The number of nitrogens with zero attached hydrogens (tertiary/aromatic N) is 2. The Morgan fingerprint density at radius 1 is 1.00 bits per heavy atom. The summed E-state index contributed by atoms with van der Waals surface area (Å²) in [6, 6.07) is 5.26. The number of amides is 1. The normalized spacial score (nSPS) is 20.3. The molecule has 0 spiro atoms. The van der Waals surface area contributed by atoms with Crippen LogP contribution in [0.1, 0.15) is 30.4 Å². The lowest BCUT2D eigenvalue weighted by molar-refractivity contribution is -0.897. The summed E-state index contributed by atoms with van der Waals surface area (Å²) in [4.78, 5) is 16.1. The van der Waals surface area contributed by atoms with Crippen molar-refractivity contribution in [2.45, 2.75) is 38.0 Å². The maximum atomic E-state index is 12.9. The van der Waals surface area contributed by atoms with E-state index in [0.29, 0.717) is 37.6 Å². The smallest absolute Gasteiger partial charge is 0.277 e. The van der Waals surface area contributed by atoms with E-state index in [1.807, 2.05) is 24.8 Å². The molecule has 144 valence electrons. The van der Waals surface area contributed by atoms with Crippen molar-refractivity contribution in [3.05, 3.63) is 29.3 Å². The van der Waals surface area contributed by atoms with E-state index in [-0.39, 0.29) is 5.91 Å². The Balaban J connectivity index is 1.58. The lowest BCUT2D eigenvalue weighted by Crippen LogP contribution is -3.13. The molecule has 2 saturated heterocycles. The fourth-order valence-electron chi connectivity index (χ4n) is 3.76. The maximum Gasteiger partial charge on any atom is 0.277 e. The number of carbonyl (C=O) groups is 1. The van der Waals surface area contributed by atoms with Crippen LogP contribution in [-0.2, 0) is 14.8 Å². The minimum atomic E-state index is -3.49. The Labute approximate surface area is 156 Å². The number of aryl methyl sites for hydroxylation is 2. The Kier molecular flexibility index (Phi) is 5.99. The number of nitrogens with one attached hydrogen (secondary N) is 1. The zero-order chi connectivity index (χ0) is 18.7. The van der Waals surface area contributed by atoms with Crippen LogP contribution in [0.5, 0.6) is 0 Å². The van der Waals surface area contributed by atoms with Crippen LogP contribution in [-0.4, -0.2) is 69.3 Å². The largest absolute Gasteiger partial charge is 0.335 e. The highest BCUT2D eigenvalue weighted by Gasteiger charge is 2.31. The molecule has 0 aromatic heterocycles. The van der Waals surface area contributed by atoms with E-state index in [1.54, 1.807) is 12.1 Å². The van der Waals surface area contributed by atoms with E-state index in [4.69, 9.17) is 0 Å². The standard InChI is InChI=1S/C19H29N3O3S/c1-16-6-7-18(14-17(16)2)26(24,25)22-12-10-21(11-13-22)19(23)15-20-8-4-3-5-9-20/h6-7,14H,3-5,8-13,15H2,1-2H3/p+1. The SMILES string of the molecule is Cc1ccc(S(=O)(=O)N2CCN(C(=O)C[NH+]3CCCCC3)CC2)cc1C. The molecule has 26 heavy (non-hydrogen) atoms. The monoisotopic (exact) mass is 380 g/mol. The topological polar surface area (TPSA) is 62.1 Å². The van der Waals surface area contributed by atoms with Gasteiger partial charge in [0.1, 0.15) is 0 Å². The number of hydrogen-bond acceptors (Lipinski definition) is 3. The van der Waals surface area contributed by atoms with Crippen molar-refractivity contribution in [3.8, 4) is 0 Å². The van der Waals surface area contributed by atoms with Gasteiger partial charge in [-0.2, -0.15) is 4.31 Å². The molecule has 2 fully saturated rings. The number of likely N-dealkylation sites (tertiary alicyclic amines) is 1. The van der Waals surface area contributed by atoms with Gasteiger partial charge in [0.2, 0.25) is 10.0 Å². The molecule has 0 atom stereocenters. The summed E-state index contributed by atoms with van der Waals surface area (Å²) >= 11 is 0. The Hall–Kier alpha value is -1.44. The molecular weight excluding hydrogens is 350 g/mol. The molecule has 2 heterocycles. The number of benzene rings is 1. The fourth-order valence-corrected chi connectivity index (χ4v) is 5.26. The van der Waals surface area contributed by atoms with Crippen LogP contribution >= 0.6 is 0 Å². The second-order valence-electron chi connectivity index (χ2n) is 7.52. The molecule has 0 bridgehead atoms. The van der Waals surface area contributed by atoms with Crippen LogP contribution in [0.25, 0.3) is 0 Å². The molecule has 1 amide bonds. The number of rotatable bonds is 4. The highest BCUT2D eigenvalue weighted by molar-refractivity contribution is 7.89. The molecule has 0 radical (unpaired) electrons. The summed E-state index contributed by atoms with van der Waals surface area (Å²) in [5.41, 5.74) is 2.06. The Morgan fingerprint density at radius 3 is 2.27 bits per heavy atom. The van der Waals surface area contributed by atoms with Gasteiger partial charge in [-0.25, -0.2) is 8.42 Å². The van der Waals surface area contributed by atoms with Crippen LogP contribution in [0.3, 0.4) is 0 Å². The van der Waals surface area contributed by atoms with Gasteiger partial charge in [0.15, 0.2) is 6.54 Å². The predicted octanol–water partition coefficient (Wildman–Crippen LogP) is 0.205. The minimum Gasteiger partial charge on any atom is -0.335 e. The molecule has 6 nitrogen and oxygen atoms in total. The molecule has 0 saturated carbocycles. The number of sulfonamides is 1. The predicted molar refractivity (Wildman–Crippen MR) is 101 cm³/mol. The maximum absolute atomic E-state index is 12.9. The Morgan fingerprint density at radius 2 is 1.65 bits per heavy atom. The number of piperidine rings is 1. The third-order valence-corrected chi connectivity index (χ3v) is 7.56. The lowest BCUT2D eigenvalue weighted by atomic mass is 10.1. The zero-order valence-corrected chi connectivity index (χ0v) is 16.6. The summed E-state index contributed by atoms with van der Waals surface area (Å²) in [6.07, 6.45) is 3.67. The van der Waals surface area contributed by atoms with Crippen LogP contribution in [0.2, 0.25) is 0 Å². The molecule has 2 aliphatic heterocycles. The minimum absolute atomic E-state index is 0.158. The molecule has 0 aliphatic carbocycles. The first-order valence-electron chi connectivity index (χ1n) is 9.56. The highest BCUT2D eigenvalue weighted by Crippen LogP contribution is 2.20. The van der Waals surface area contributed by atoms with Gasteiger partial charge < -0.3 is 9.80 Å². The zero-order valence-electron chi connectivity index (χ0n) is 15.8. The van der Waals surface area contributed by atoms with Crippen molar-refractivity contribution < 1.29 is 18.1 Å². The third-order valence-electron chi connectivity index (χ3n) is 5.67. The van der Waals surface area contributed by atoms with Crippen molar-refractivity contribution in [1.29, 1.82) is 0 Å². The summed E-state index contributed by atoms with van der Waals surface area (Å²) in [5.74, 6) is 0.158. The van der Waals surface area contributed by atoms with Gasteiger partial charge in [0.05, 0.1) is 18.0 Å². The van der Waals surface area contributed by atoms with E-state index in [1.165, 1.54) is 28.5 Å². The summed E-state index contributed by atoms with van der Waals surface area (Å²) < 4.78 is 27.2. The van der Waals surface area contributed by atoms with Gasteiger partial charge in [0.25, 0.3) is 5.91 Å². The van der Waals surface area contributed by atoms with Crippen LogP contribution < -0.4 is 4.90 Å². The van der Waals surface area contributed by atoms with Crippen molar-refractivity contribution in [2.24, 2.45) is 0 Å². The van der Waals surface area contributed by atoms with E-state index in [2.05, 4.69) is 0 Å². The Bertz CT molecular complexity index is 749. The third kappa shape index (κ3) is 4.27. The van der Waals surface area contributed by atoms with Crippen LogP contribution in [0, 0.1) is 13.8 Å². The fraction of sp³-hybridized carbons (Fsp3) is 0.632. The van der Waals surface area contributed by atoms with E-state index < -0.39 is 10.0 Å². The summed E-state index contributed by atoms with van der Waals surface area (Å²) in [5, 5.41) is 0. The second-order valence-corrected chi connectivity index (χ2v) is 9.46. The number of hydrogen-bond donors (Lipinski definition) is 1. The first-order chi connectivity index (χ1) is 12.4. The molecule has 1 aromatic rings. The van der Waals surface area contributed by atoms with E-state index >= 15 is 0 Å². The van der Waals surface area contributed by atoms with E-state index in [0.717, 1.165) is 24.2 Å². The number of piperazine rings is 1. The average Bonchev–Trinajstić information content (AvgIpc) is 2.65. The van der Waals surface area contributed by atoms with Crippen LogP contribution in [0.15, 0.2) is 23.1 Å². The van der Waals surface area contributed by atoms with Crippen molar-refractivity contribution in [3.63, 3.8) is 0 Å². The number of carbonyl (C=O) groups excluding carboxylic acids is 1. The highest BCUT2D eigenvalue weighted by atomic mass is 32.2. The molecule has 1 aromatic carbocycles. The first kappa shape index (κ1) is 19.3. The van der Waals surface area contributed by atoms with Gasteiger partial charge in [-0.3, -0.25) is 4.79 Å². The van der Waals surface area contributed by atoms with Crippen LogP contribution in [0.4, 0.5) is 0 Å².